The molecule has 1 amide bonds. The highest BCUT2D eigenvalue weighted by Gasteiger charge is 2.35. The quantitative estimate of drug-likeness (QED) is 0.715. The third-order valence-corrected chi connectivity index (χ3v) is 4.55. The van der Waals surface area contributed by atoms with Gasteiger partial charge in [0.2, 0.25) is 17.6 Å². The third kappa shape index (κ3) is 2.98. The van der Waals surface area contributed by atoms with E-state index in [1.165, 1.54) is 6.07 Å². The molecule has 0 N–H and O–H groups in total. The molecule has 4 rings (SSSR count). The number of aromatic nitrogens is 2. The van der Waals surface area contributed by atoms with Crippen molar-refractivity contribution in [1.29, 1.82) is 0 Å². The first-order chi connectivity index (χ1) is 12.5. The van der Waals surface area contributed by atoms with Gasteiger partial charge in [0.1, 0.15) is 5.82 Å². The van der Waals surface area contributed by atoms with Crippen LogP contribution in [-0.4, -0.2) is 22.6 Å². The van der Waals surface area contributed by atoms with Crippen LogP contribution in [0.15, 0.2) is 47.0 Å². The minimum absolute atomic E-state index is 0.0191. The molecule has 26 heavy (non-hydrogen) atoms. The number of hydrogen-bond donors (Lipinski definition) is 0. The lowest BCUT2D eigenvalue weighted by atomic mass is 10.1. The van der Waals surface area contributed by atoms with Crippen molar-refractivity contribution in [2.45, 2.75) is 26.2 Å². The number of benzene rings is 2. The van der Waals surface area contributed by atoms with Crippen LogP contribution in [-0.2, 0) is 4.79 Å². The van der Waals surface area contributed by atoms with Crippen LogP contribution in [0.5, 0.6) is 0 Å². The van der Waals surface area contributed by atoms with E-state index in [1.54, 1.807) is 23.1 Å². The SMILES string of the molecule is Cc1cc(C)cc(N2C[C@H](c3nc(-c4ccccc4F)no3)CC2=O)c1. The second kappa shape index (κ2) is 6.37. The number of anilines is 1. The van der Waals surface area contributed by atoms with Gasteiger partial charge in [0.25, 0.3) is 0 Å². The summed E-state index contributed by atoms with van der Waals surface area (Å²) in [5.74, 6) is -0.0138. The second-order valence-electron chi connectivity index (χ2n) is 6.69. The lowest BCUT2D eigenvalue weighted by Crippen LogP contribution is -2.24. The Morgan fingerprint density at radius 3 is 2.62 bits per heavy atom. The zero-order chi connectivity index (χ0) is 18.3. The number of carbonyl (C=O) groups is 1. The van der Waals surface area contributed by atoms with Gasteiger partial charge in [0, 0.05) is 18.7 Å². The number of carbonyl (C=O) groups excluding carboxylic acids is 1. The first-order valence-corrected chi connectivity index (χ1v) is 8.48. The maximum atomic E-state index is 13.9. The van der Waals surface area contributed by atoms with E-state index in [2.05, 4.69) is 16.2 Å². The highest BCUT2D eigenvalue weighted by atomic mass is 19.1. The average Bonchev–Trinajstić information content (AvgIpc) is 3.21. The molecule has 1 aliphatic heterocycles. The van der Waals surface area contributed by atoms with E-state index >= 15 is 0 Å². The molecular weight excluding hydrogens is 333 g/mol. The molecular formula is C20H18FN3O2. The van der Waals surface area contributed by atoms with Crippen molar-refractivity contribution in [3.8, 4) is 11.4 Å². The van der Waals surface area contributed by atoms with Gasteiger partial charge in [-0.3, -0.25) is 4.79 Å². The molecule has 0 spiro atoms. The van der Waals surface area contributed by atoms with E-state index < -0.39 is 5.82 Å². The van der Waals surface area contributed by atoms with Gasteiger partial charge in [0.15, 0.2) is 0 Å². The van der Waals surface area contributed by atoms with E-state index in [1.807, 2.05) is 26.0 Å². The highest BCUT2D eigenvalue weighted by molar-refractivity contribution is 5.96. The first-order valence-electron chi connectivity index (χ1n) is 8.48. The first kappa shape index (κ1) is 16.4. The van der Waals surface area contributed by atoms with E-state index in [0.29, 0.717) is 18.9 Å². The zero-order valence-corrected chi connectivity index (χ0v) is 14.6. The summed E-state index contributed by atoms with van der Waals surface area (Å²) in [4.78, 5) is 18.6. The van der Waals surface area contributed by atoms with Crippen molar-refractivity contribution in [2.24, 2.45) is 0 Å². The fraction of sp³-hybridized carbons (Fsp3) is 0.250. The minimum atomic E-state index is -0.404. The van der Waals surface area contributed by atoms with Gasteiger partial charge < -0.3 is 9.42 Å². The number of halogens is 1. The molecule has 0 saturated carbocycles. The van der Waals surface area contributed by atoms with Crippen molar-refractivity contribution in [1.82, 2.24) is 10.1 Å². The maximum absolute atomic E-state index is 13.9. The van der Waals surface area contributed by atoms with Crippen LogP contribution in [0.4, 0.5) is 10.1 Å². The lowest BCUT2D eigenvalue weighted by Gasteiger charge is -2.17. The Bertz CT molecular complexity index is 962. The van der Waals surface area contributed by atoms with Crippen LogP contribution in [0.3, 0.4) is 0 Å². The van der Waals surface area contributed by atoms with E-state index in [9.17, 15) is 9.18 Å². The van der Waals surface area contributed by atoms with E-state index in [4.69, 9.17) is 4.52 Å². The molecule has 1 atom stereocenters. The minimum Gasteiger partial charge on any atom is -0.339 e. The number of hydrogen-bond acceptors (Lipinski definition) is 4. The second-order valence-corrected chi connectivity index (χ2v) is 6.69. The van der Waals surface area contributed by atoms with Gasteiger partial charge in [-0.15, -0.1) is 0 Å². The number of nitrogens with zero attached hydrogens (tertiary/aromatic N) is 3. The summed E-state index contributed by atoms with van der Waals surface area (Å²) in [5.41, 5.74) is 3.38. The molecule has 1 fully saturated rings. The summed E-state index contributed by atoms with van der Waals surface area (Å²) in [6.07, 6.45) is 0.298. The van der Waals surface area contributed by atoms with Crippen LogP contribution >= 0.6 is 0 Å². The Morgan fingerprint density at radius 2 is 1.88 bits per heavy atom. The number of rotatable bonds is 3. The standard InChI is InChI=1S/C20H18FN3O2/c1-12-7-13(2)9-15(8-12)24-11-14(10-18(24)25)20-22-19(23-26-20)16-5-3-4-6-17(16)21/h3-9,14H,10-11H2,1-2H3/t14-/m1/s1. The van der Waals surface area contributed by atoms with Crippen molar-refractivity contribution < 1.29 is 13.7 Å². The number of amides is 1. The Balaban J connectivity index is 1.59. The molecule has 2 heterocycles. The predicted octanol–water partition coefficient (Wildman–Crippen LogP) is 4.01. The van der Waals surface area contributed by atoms with Crippen LogP contribution in [0.25, 0.3) is 11.4 Å². The van der Waals surface area contributed by atoms with Gasteiger partial charge in [-0.2, -0.15) is 4.98 Å². The molecule has 1 aliphatic rings. The summed E-state index contributed by atoms with van der Waals surface area (Å²) in [6.45, 7) is 4.49. The maximum Gasteiger partial charge on any atom is 0.232 e. The Kier molecular flexibility index (Phi) is 4.03. The fourth-order valence-electron chi connectivity index (χ4n) is 3.38. The number of aryl methyl sites for hydroxylation is 2. The third-order valence-electron chi connectivity index (χ3n) is 4.55. The fourth-order valence-corrected chi connectivity index (χ4v) is 3.38. The summed E-state index contributed by atoms with van der Waals surface area (Å²) in [6, 6.07) is 12.3. The van der Waals surface area contributed by atoms with Gasteiger partial charge in [-0.05, 0) is 49.2 Å². The zero-order valence-electron chi connectivity index (χ0n) is 14.6. The molecule has 1 aromatic heterocycles. The molecule has 5 nitrogen and oxygen atoms in total. The van der Waals surface area contributed by atoms with E-state index in [0.717, 1.165) is 16.8 Å². The van der Waals surface area contributed by atoms with Gasteiger partial charge in [0.05, 0.1) is 11.5 Å². The molecule has 2 aromatic carbocycles. The van der Waals surface area contributed by atoms with Gasteiger partial charge in [-0.25, -0.2) is 4.39 Å². The molecule has 1 saturated heterocycles. The monoisotopic (exact) mass is 351 g/mol. The summed E-state index contributed by atoms with van der Waals surface area (Å²) >= 11 is 0. The molecule has 0 unspecified atom stereocenters. The van der Waals surface area contributed by atoms with Crippen LogP contribution in [0, 0.1) is 19.7 Å². The topological polar surface area (TPSA) is 59.2 Å². The summed E-state index contributed by atoms with van der Waals surface area (Å²) in [7, 11) is 0. The smallest absolute Gasteiger partial charge is 0.232 e. The van der Waals surface area contributed by atoms with Crippen LogP contribution in [0.2, 0.25) is 0 Å². The highest BCUT2D eigenvalue weighted by Crippen LogP contribution is 2.33. The predicted molar refractivity (Wildman–Crippen MR) is 95.3 cm³/mol. The Labute approximate surface area is 150 Å². The van der Waals surface area contributed by atoms with Crippen molar-refractivity contribution in [3.05, 3.63) is 65.3 Å². The largest absolute Gasteiger partial charge is 0.339 e. The Morgan fingerprint density at radius 1 is 1.15 bits per heavy atom. The molecule has 0 radical (unpaired) electrons. The van der Waals surface area contributed by atoms with Gasteiger partial charge in [-0.1, -0.05) is 23.4 Å². The molecule has 0 aliphatic carbocycles. The molecule has 0 bridgehead atoms. The average molecular weight is 351 g/mol. The van der Waals surface area contributed by atoms with Crippen LogP contribution < -0.4 is 4.90 Å². The van der Waals surface area contributed by atoms with E-state index in [-0.39, 0.29) is 23.2 Å². The lowest BCUT2D eigenvalue weighted by molar-refractivity contribution is -0.117. The van der Waals surface area contributed by atoms with Crippen molar-refractivity contribution in [2.75, 3.05) is 11.4 Å². The Hall–Kier alpha value is -3.02. The van der Waals surface area contributed by atoms with Crippen molar-refractivity contribution in [3.63, 3.8) is 0 Å². The molecule has 132 valence electrons. The molecule has 3 aromatic rings. The molecule has 6 heteroatoms. The summed E-state index contributed by atoms with van der Waals surface area (Å²) < 4.78 is 19.2. The van der Waals surface area contributed by atoms with Crippen LogP contribution in [0.1, 0.15) is 29.4 Å². The van der Waals surface area contributed by atoms with Gasteiger partial charge >= 0.3 is 0 Å². The normalized spacial score (nSPS) is 17.1. The van der Waals surface area contributed by atoms with Crippen molar-refractivity contribution >= 4 is 11.6 Å². The summed E-state index contributed by atoms with van der Waals surface area (Å²) in [5, 5.41) is 3.89.